The van der Waals surface area contributed by atoms with Gasteiger partial charge < -0.3 is 9.64 Å². The zero-order valence-electron chi connectivity index (χ0n) is 20.3. The minimum atomic E-state index is -3.45. The number of carbonyl (C=O) groups excluding carboxylic acids is 1. The van der Waals surface area contributed by atoms with Gasteiger partial charge in [0.25, 0.3) is 0 Å². The molecule has 0 N–H and O–H groups in total. The quantitative estimate of drug-likeness (QED) is 0.455. The second kappa shape index (κ2) is 10.2. The van der Waals surface area contributed by atoms with Gasteiger partial charge in [0.2, 0.25) is 5.91 Å². The summed E-state index contributed by atoms with van der Waals surface area (Å²) < 4.78 is 48.9. The number of ether oxygens (including phenoxy) is 1. The van der Waals surface area contributed by atoms with Crippen molar-refractivity contribution in [3.8, 4) is 0 Å². The minimum absolute atomic E-state index is 0.0634. The van der Waals surface area contributed by atoms with Crippen LogP contribution in [0.4, 0.5) is 4.39 Å². The Hall–Kier alpha value is -0.400. The Bertz CT molecular complexity index is 832. The number of carbonyl (C=O) groups is 1. The van der Waals surface area contributed by atoms with E-state index in [1.165, 1.54) is 0 Å². The van der Waals surface area contributed by atoms with Crippen molar-refractivity contribution in [3.05, 3.63) is 0 Å². The molecular weight excluding hydrogens is 477 g/mol. The monoisotopic (exact) mass is 517 g/mol. The Kier molecular flexibility index (Phi) is 7.55. The van der Waals surface area contributed by atoms with Crippen molar-refractivity contribution in [2.75, 3.05) is 13.2 Å². The Morgan fingerprint density at radius 3 is 2.09 bits per heavy atom. The number of nitrogens with zero attached hydrogens (tertiary/aromatic N) is 1. The van der Waals surface area contributed by atoms with Gasteiger partial charge in [-0.25, -0.2) is 12.8 Å². The van der Waals surface area contributed by atoms with E-state index in [9.17, 15) is 13.2 Å². The molecule has 1 heterocycles. The van der Waals surface area contributed by atoms with E-state index in [2.05, 4.69) is 0 Å². The molecule has 4 aliphatic carbocycles. The summed E-state index contributed by atoms with van der Waals surface area (Å²) in [5.74, 6) is 0.0292. The van der Waals surface area contributed by atoms with Crippen molar-refractivity contribution >= 4 is 27.3 Å². The highest BCUT2D eigenvalue weighted by molar-refractivity contribution is 7.93. The smallest absolute Gasteiger partial charge is 0.226 e. The van der Waals surface area contributed by atoms with E-state index in [1.54, 1.807) is 0 Å². The Morgan fingerprint density at radius 1 is 0.912 bits per heavy atom. The van der Waals surface area contributed by atoms with Gasteiger partial charge in [-0.3, -0.25) is 4.79 Å². The van der Waals surface area contributed by atoms with E-state index in [1.807, 2.05) is 4.90 Å². The van der Waals surface area contributed by atoms with Gasteiger partial charge >= 0.3 is 0 Å². The highest BCUT2D eigenvalue weighted by Gasteiger charge is 2.56. The summed E-state index contributed by atoms with van der Waals surface area (Å²) in [6, 6.07) is -0.208. The van der Waals surface area contributed by atoms with E-state index in [-0.39, 0.29) is 46.9 Å². The summed E-state index contributed by atoms with van der Waals surface area (Å²) in [4.78, 5) is 15.2. The normalized spacial score (nSPS) is 37.4. The van der Waals surface area contributed by atoms with Crippen LogP contribution in [-0.4, -0.2) is 66.1 Å². The van der Waals surface area contributed by atoms with Crippen LogP contribution in [0.5, 0.6) is 0 Å². The maximum absolute atomic E-state index is 16.0. The molecule has 5 nitrogen and oxygen atoms in total. The third-order valence-corrected chi connectivity index (χ3v) is 13.6. The first-order chi connectivity index (χ1) is 16.3. The zero-order chi connectivity index (χ0) is 23.9. The molecule has 0 aromatic rings. The van der Waals surface area contributed by atoms with Gasteiger partial charge in [-0.2, -0.15) is 0 Å². The zero-order valence-corrected chi connectivity index (χ0v) is 21.9. The molecule has 1 aliphatic heterocycles. The average molecular weight is 518 g/mol. The van der Waals surface area contributed by atoms with Gasteiger partial charge in [0.05, 0.1) is 16.0 Å². The number of amides is 1. The summed E-state index contributed by atoms with van der Waals surface area (Å²) in [6.45, 7) is 0.852. The molecule has 0 aromatic heterocycles. The van der Waals surface area contributed by atoms with Crippen molar-refractivity contribution in [3.63, 3.8) is 0 Å². The molecule has 8 heteroatoms. The molecule has 5 fully saturated rings. The lowest BCUT2D eigenvalue weighted by atomic mass is 9.72. The fourth-order valence-electron chi connectivity index (χ4n) is 7.34. The highest BCUT2D eigenvalue weighted by atomic mass is 35.5. The van der Waals surface area contributed by atoms with E-state index in [0.29, 0.717) is 51.7 Å². The predicted molar refractivity (Wildman–Crippen MR) is 131 cm³/mol. The molecule has 4 saturated carbocycles. The lowest BCUT2D eigenvalue weighted by Gasteiger charge is -2.52. The summed E-state index contributed by atoms with van der Waals surface area (Å²) in [5.41, 5.74) is 0. The summed E-state index contributed by atoms with van der Waals surface area (Å²) >= 11 is 6.27. The van der Waals surface area contributed by atoms with Crippen LogP contribution in [0.2, 0.25) is 0 Å². The van der Waals surface area contributed by atoms with E-state index in [0.717, 1.165) is 51.4 Å². The number of halogens is 2. The van der Waals surface area contributed by atoms with E-state index >= 15 is 4.39 Å². The molecule has 1 saturated heterocycles. The summed E-state index contributed by atoms with van der Waals surface area (Å²) in [6.07, 6.45) is 9.97. The van der Waals surface area contributed by atoms with Crippen LogP contribution in [0.25, 0.3) is 0 Å². The fourth-order valence-corrected chi connectivity index (χ4v) is 10.6. The third-order valence-electron chi connectivity index (χ3n) is 9.96. The number of sulfone groups is 1. The topological polar surface area (TPSA) is 63.7 Å². The van der Waals surface area contributed by atoms with E-state index in [4.69, 9.17) is 16.3 Å². The van der Waals surface area contributed by atoms with Gasteiger partial charge in [-0.15, -0.1) is 11.6 Å². The molecule has 0 spiro atoms. The molecular formula is C26H41ClFNO4S. The van der Waals surface area contributed by atoms with Gasteiger partial charge in [0.15, 0.2) is 9.84 Å². The van der Waals surface area contributed by atoms with E-state index < -0.39 is 20.8 Å². The van der Waals surface area contributed by atoms with Gasteiger partial charge in [0.1, 0.15) is 6.17 Å². The second-order valence-electron chi connectivity index (χ2n) is 11.6. The van der Waals surface area contributed by atoms with Crippen LogP contribution in [0.3, 0.4) is 0 Å². The van der Waals surface area contributed by atoms with Crippen molar-refractivity contribution in [1.82, 2.24) is 4.90 Å². The number of rotatable bonds is 6. The van der Waals surface area contributed by atoms with Crippen LogP contribution in [0.1, 0.15) is 96.3 Å². The fraction of sp³-hybridized carbons (Fsp3) is 0.962. The molecule has 0 aromatic carbocycles. The van der Waals surface area contributed by atoms with Crippen molar-refractivity contribution in [2.24, 2.45) is 11.8 Å². The molecule has 3 atom stereocenters. The molecule has 5 aliphatic rings. The maximum Gasteiger partial charge on any atom is 0.226 e. The maximum atomic E-state index is 16.0. The van der Waals surface area contributed by atoms with Crippen LogP contribution in [0, 0.1) is 11.8 Å². The second-order valence-corrected chi connectivity index (χ2v) is 14.8. The molecule has 3 unspecified atom stereocenters. The summed E-state index contributed by atoms with van der Waals surface area (Å²) in [7, 11) is -3.45. The predicted octanol–water partition coefficient (Wildman–Crippen LogP) is 5.19. The summed E-state index contributed by atoms with van der Waals surface area (Å²) in [5, 5.41) is -0.309. The van der Waals surface area contributed by atoms with Crippen molar-refractivity contribution < 1.29 is 22.3 Å². The first kappa shape index (κ1) is 25.3. The number of alkyl halides is 2. The lowest BCUT2D eigenvalue weighted by molar-refractivity contribution is -0.149. The minimum Gasteiger partial charge on any atom is -0.381 e. The highest BCUT2D eigenvalue weighted by Crippen LogP contribution is 2.49. The Balaban J connectivity index is 1.35. The number of hydrogen-bond donors (Lipinski definition) is 0. The molecule has 0 radical (unpaired) electrons. The van der Waals surface area contributed by atoms with Crippen LogP contribution < -0.4 is 0 Å². The Labute approximate surface area is 209 Å². The molecule has 5 rings (SSSR count). The number of hydrogen-bond acceptors (Lipinski definition) is 4. The molecule has 34 heavy (non-hydrogen) atoms. The van der Waals surface area contributed by atoms with Gasteiger partial charge in [-0.05, 0) is 95.8 Å². The first-order valence-corrected chi connectivity index (χ1v) is 15.7. The first-order valence-electron chi connectivity index (χ1n) is 13.7. The molecule has 0 bridgehead atoms. The lowest BCUT2D eigenvalue weighted by Crippen LogP contribution is -2.60. The Morgan fingerprint density at radius 2 is 1.56 bits per heavy atom. The molecule has 1 amide bonds. The molecule has 194 valence electrons. The van der Waals surface area contributed by atoms with Crippen LogP contribution in [0.15, 0.2) is 0 Å². The van der Waals surface area contributed by atoms with Crippen molar-refractivity contribution in [1.29, 1.82) is 0 Å². The van der Waals surface area contributed by atoms with Crippen LogP contribution in [-0.2, 0) is 19.4 Å². The SMILES string of the molecule is O=C(C1CCC1)N(C1CCC1)C1CCC(C2(S(=O)(=O)C3CCC(Cl)CC3)CCOCC2)CC1F. The van der Waals surface area contributed by atoms with Crippen molar-refractivity contribution in [2.45, 2.75) is 130 Å². The largest absolute Gasteiger partial charge is 0.381 e. The standard InChI is InChI=1S/C26H41ClFNO4S/c27-20-8-10-22(11-9-20)34(31,32)26(13-15-33-16-14-26)19-7-12-24(23(28)17-19)29(21-5-2-6-21)25(30)18-3-1-4-18/h18-24H,1-17H2. The third kappa shape index (κ3) is 4.44. The van der Waals surface area contributed by atoms with Crippen LogP contribution >= 0.6 is 11.6 Å². The van der Waals surface area contributed by atoms with Gasteiger partial charge in [0, 0.05) is 30.6 Å². The average Bonchev–Trinajstić information content (AvgIpc) is 2.76. The van der Waals surface area contributed by atoms with Gasteiger partial charge in [-0.1, -0.05) is 6.42 Å².